The van der Waals surface area contributed by atoms with Crippen molar-refractivity contribution in [3.63, 3.8) is 0 Å². The van der Waals surface area contributed by atoms with Crippen LogP contribution in [0.15, 0.2) is 30.6 Å². The third-order valence-electron chi connectivity index (χ3n) is 3.42. The summed E-state index contributed by atoms with van der Waals surface area (Å²) in [7, 11) is -1.10. The molecule has 2 rings (SSSR count). The number of rotatable bonds is 7. The predicted molar refractivity (Wildman–Crippen MR) is 91.7 cm³/mol. The minimum absolute atomic E-state index is 0.0748. The molecule has 0 fully saturated rings. The molecule has 126 valence electrons. The van der Waals surface area contributed by atoms with Crippen molar-refractivity contribution < 1.29 is 13.5 Å². The standard InChI is InChI=1S/C16H21ClF2N2OSi/c1-23(2,3)7-6-22-11-21-10-13(9-20-21)12-4-5-15(17)14(8-12)16(18)19/h4-5,8-10,16H,6-7,11H2,1-3H3. The molecule has 0 saturated heterocycles. The van der Waals surface area contributed by atoms with Crippen molar-refractivity contribution in [2.24, 2.45) is 0 Å². The van der Waals surface area contributed by atoms with Crippen LogP contribution in [0.25, 0.3) is 11.1 Å². The Hall–Kier alpha value is -1.24. The van der Waals surface area contributed by atoms with Gasteiger partial charge in [0.25, 0.3) is 6.43 Å². The molecule has 0 spiro atoms. The van der Waals surface area contributed by atoms with E-state index in [2.05, 4.69) is 24.7 Å². The minimum atomic E-state index is -2.60. The van der Waals surface area contributed by atoms with Crippen LogP contribution in [0.5, 0.6) is 0 Å². The van der Waals surface area contributed by atoms with E-state index in [0.717, 1.165) is 11.6 Å². The molecule has 1 aromatic heterocycles. The molecule has 0 aliphatic heterocycles. The number of halogens is 3. The van der Waals surface area contributed by atoms with Gasteiger partial charge in [0.15, 0.2) is 0 Å². The van der Waals surface area contributed by atoms with Gasteiger partial charge in [0.1, 0.15) is 6.73 Å². The highest BCUT2D eigenvalue weighted by molar-refractivity contribution is 6.76. The van der Waals surface area contributed by atoms with Crippen LogP contribution in [0, 0.1) is 0 Å². The molecule has 2 aromatic rings. The van der Waals surface area contributed by atoms with Gasteiger partial charge in [-0.05, 0) is 23.7 Å². The number of ether oxygens (including phenoxy) is 1. The molecule has 0 N–H and O–H groups in total. The Morgan fingerprint density at radius 1 is 1.26 bits per heavy atom. The van der Waals surface area contributed by atoms with Crippen LogP contribution in [-0.2, 0) is 11.5 Å². The minimum Gasteiger partial charge on any atom is -0.360 e. The second-order valence-electron chi connectivity index (χ2n) is 6.65. The molecular weight excluding hydrogens is 338 g/mol. The Bertz CT molecular complexity index is 656. The number of nitrogens with zero attached hydrogens (tertiary/aromatic N) is 2. The summed E-state index contributed by atoms with van der Waals surface area (Å²) < 4.78 is 33.1. The van der Waals surface area contributed by atoms with E-state index in [0.29, 0.717) is 18.9 Å². The fraction of sp³-hybridized carbons (Fsp3) is 0.438. The van der Waals surface area contributed by atoms with Crippen LogP contribution < -0.4 is 0 Å². The van der Waals surface area contributed by atoms with E-state index in [9.17, 15) is 8.78 Å². The largest absolute Gasteiger partial charge is 0.360 e. The van der Waals surface area contributed by atoms with Crippen molar-refractivity contribution in [2.45, 2.75) is 38.8 Å². The molecule has 23 heavy (non-hydrogen) atoms. The van der Waals surface area contributed by atoms with Crippen molar-refractivity contribution in [2.75, 3.05) is 6.61 Å². The highest BCUT2D eigenvalue weighted by Crippen LogP contribution is 2.31. The van der Waals surface area contributed by atoms with Crippen LogP contribution in [0.1, 0.15) is 12.0 Å². The maximum Gasteiger partial charge on any atom is 0.265 e. The topological polar surface area (TPSA) is 27.1 Å². The summed E-state index contributed by atoms with van der Waals surface area (Å²) in [5, 5.41) is 4.28. The second-order valence-corrected chi connectivity index (χ2v) is 12.7. The summed E-state index contributed by atoms with van der Waals surface area (Å²) in [6, 6.07) is 5.69. The molecule has 0 aliphatic carbocycles. The lowest BCUT2D eigenvalue weighted by Gasteiger charge is -2.15. The zero-order valence-corrected chi connectivity index (χ0v) is 15.3. The molecule has 0 atom stereocenters. The zero-order valence-electron chi connectivity index (χ0n) is 13.5. The number of hydrogen-bond donors (Lipinski definition) is 0. The molecule has 7 heteroatoms. The van der Waals surface area contributed by atoms with Gasteiger partial charge < -0.3 is 4.74 Å². The van der Waals surface area contributed by atoms with E-state index in [1.165, 1.54) is 12.1 Å². The Kier molecular flexibility index (Phi) is 5.94. The third-order valence-corrected chi connectivity index (χ3v) is 5.47. The van der Waals surface area contributed by atoms with E-state index < -0.39 is 14.5 Å². The van der Waals surface area contributed by atoms with Gasteiger partial charge in [-0.15, -0.1) is 0 Å². The summed E-state index contributed by atoms with van der Waals surface area (Å²) in [5.41, 5.74) is 1.26. The third kappa shape index (κ3) is 5.41. The molecule has 0 amide bonds. The van der Waals surface area contributed by atoms with E-state index in [-0.39, 0.29) is 10.6 Å². The van der Waals surface area contributed by atoms with E-state index in [1.54, 1.807) is 23.1 Å². The number of benzene rings is 1. The maximum absolute atomic E-state index is 12.9. The molecule has 0 saturated carbocycles. The first-order chi connectivity index (χ1) is 10.8. The summed E-state index contributed by atoms with van der Waals surface area (Å²) >= 11 is 5.79. The molecular formula is C16H21ClF2N2OSi. The van der Waals surface area contributed by atoms with Crippen molar-refractivity contribution in [3.8, 4) is 11.1 Å². The van der Waals surface area contributed by atoms with Crippen LogP contribution in [0.2, 0.25) is 30.7 Å². The molecule has 3 nitrogen and oxygen atoms in total. The van der Waals surface area contributed by atoms with Crippen molar-refractivity contribution in [1.29, 1.82) is 0 Å². The van der Waals surface area contributed by atoms with Crippen LogP contribution in [0.3, 0.4) is 0 Å². The van der Waals surface area contributed by atoms with Crippen LogP contribution >= 0.6 is 11.6 Å². The number of alkyl halides is 2. The van der Waals surface area contributed by atoms with Gasteiger partial charge in [-0.25, -0.2) is 13.5 Å². The average Bonchev–Trinajstić information content (AvgIpc) is 2.91. The number of aromatic nitrogens is 2. The average molecular weight is 359 g/mol. The zero-order chi connectivity index (χ0) is 17.0. The highest BCUT2D eigenvalue weighted by atomic mass is 35.5. The van der Waals surface area contributed by atoms with Gasteiger partial charge in [0.2, 0.25) is 0 Å². The summed E-state index contributed by atoms with van der Waals surface area (Å²) in [5.74, 6) is 0. The Balaban J connectivity index is 2.01. The van der Waals surface area contributed by atoms with Crippen molar-refractivity contribution >= 4 is 19.7 Å². The monoisotopic (exact) mass is 358 g/mol. The lowest BCUT2D eigenvalue weighted by atomic mass is 10.1. The first kappa shape index (κ1) is 18.1. The molecule has 0 radical (unpaired) electrons. The molecule has 1 heterocycles. The molecule has 0 unspecified atom stereocenters. The quantitative estimate of drug-likeness (QED) is 0.486. The fourth-order valence-corrected chi connectivity index (χ4v) is 2.97. The van der Waals surface area contributed by atoms with Gasteiger partial charge in [0.05, 0.1) is 6.20 Å². The molecule has 0 bridgehead atoms. The van der Waals surface area contributed by atoms with E-state index >= 15 is 0 Å². The van der Waals surface area contributed by atoms with Gasteiger partial charge in [-0.1, -0.05) is 37.3 Å². The van der Waals surface area contributed by atoms with Crippen LogP contribution in [0.4, 0.5) is 8.78 Å². The summed E-state index contributed by atoms with van der Waals surface area (Å²) in [6.45, 7) is 7.96. The predicted octanol–water partition coefficient (Wildman–Crippen LogP) is 5.45. The first-order valence-electron chi connectivity index (χ1n) is 7.44. The smallest absolute Gasteiger partial charge is 0.265 e. The fourth-order valence-electron chi connectivity index (χ4n) is 2.01. The first-order valence-corrected chi connectivity index (χ1v) is 11.5. The number of hydrogen-bond acceptors (Lipinski definition) is 2. The highest BCUT2D eigenvalue weighted by Gasteiger charge is 2.14. The van der Waals surface area contributed by atoms with Gasteiger partial charge >= 0.3 is 0 Å². The van der Waals surface area contributed by atoms with Gasteiger partial charge in [-0.3, -0.25) is 0 Å². The lowest BCUT2D eigenvalue weighted by molar-refractivity contribution is 0.0786. The van der Waals surface area contributed by atoms with E-state index in [4.69, 9.17) is 16.3 Å². The Morgan fingerprint density at radius 3 is 2.65 bits per heavy atom. The molecule has 0 aliphatic rings. The van der Waals surface area contributed by atoms with Crippen molar-refractivity contribution in [3.05, 3.63) is 41.2 Å². The van der Waals surface area contributed by atoms with Gasteiger partial charge in [0, 0.05) is 37.0 Å². The van der Waals surface area contributed by atoms with Gasteiger partial charge in [-0.2, -0.15) is 5.10 Å². The molecule has 1 aromatic carbocycles. The Labute approximate surface area is 141 Å². The second kappa shape index (κ2) is 7.55. The van der Waals surface area contributed by atoms with Crippen LogP contribution in [-0.4, -0.2) is 24.5 Å². The van der Waals surface area contributed by atoms with E-state index in [1.807, 2.05) is 0 Å². The summed E-state index contributed by atoms with van der Waals surface area (Å²) in [4.78, 5) is 0. The normalized spacial score (nSPS) is 12.1. The maximum atomic E-state index is 12.9. The lowest BCUT2D eigenvalue weighted by Crippen LogP contribution is -2.22. The SMILES string of the molecule is C[Si](C)(C)CCOCn1cc(-c2ccc(Cl)c(C(F)F)c2)cn1. The Morgan fingerprint density at radius 2 is 2.00 bits per heavy atom. The van der Waals surface area contributed by atoms with Crippen molar-refractivity contribution in [1.82, 2.24) is 9.78 Å². The summed E-state index contributed by atoms with van der Waals surface area (Å²) in [6.07, 6.45) is 0.829.